The van der Waals surface area contributed by atoms with E-state index in [-0.39, 0.29) is 5.60 Å². The molecule has 0 aliphatic carbocycles. The van der Waals surface area contributed by atoms with Crippen LogP contribution >= 0.6 is 0 Å². The van der Waals surface area contributed by atoms with E-state index < -0.39 is 0 Å². The Morgan fingerprint density at radius 3 is 2.67 bits per heavy atom. The van der Waals surface area contributed by atoms with Gasteiger partial charge in [0.2, 0.25) is 0 Å². The van der Waals surface area contributed by atoms with E-state index in [1.165, 1.54) is 19.4 Å². The van der Waals surface area contributed by atoms with Crippen molar-refractivity contribution in [2.75, 3.05) is 19.7 Å². The third-order valence-electron chi connectivity index (χ3n) is 4.59. The van der Waals surface area contributed by atoms with Crippen molar-refractivity contribution < 1.29 is 4.74 Å². The SMILES string of the molecule is CC(C)C1CN(C2CCOC(C)(C)C2)C(C)CN1. The van der Waals surface area contributed by atoms with Gasteiger partial charge in [-0.1, -0.05) is 13.8 Å². The molecule has 2 aliphatic heterocycles. The van der Waals surface area contributed by atoms with Gasteiger partial charge < -0.3 is 10.1 Å². The number of piperazine rings is 1. The van der Waals surface area contributed by atoms with Crippen molar-refractivity contribution in [2.45, 2.75) is 71.2 Å². The lowest BCUT2D eigenvalue weighted by atomic mass is 9.90. The number of hydrogen-bond donors (Lipinski definition) is 1. The number of nitrogens with zero attached hydrogens (tertiary/aromatic N) is 1. The molecule has 2 aliphatic rings. The van der Waals surface area contributed by atoms with Gasteiger partial charge in [-0.2, -0.15) is 0 Å². The van der Waals surface area contributed by atoms with Crippen molar-refractivity contribution in [1.29, 1.82) is 0 Å². The summed E-state index contributed by atoms with van der Waals surface area (Å²) in [7, 11) is 0. The number of nitrogens with one attached hydrogen (secondary N) is 1. The van der Waals surface area contributed by atoms with Crippen LogP contribution in [0.5, 0.6) is 0 Å². The molecule has 2 saturated heterocycles. The highest BCUT2D eigenvalue weighted by Gasteiger charge is 2.37. The molecule has 0 saturated carbocycles. The lowest BCUT2D eigenvalue weighted by Crippen LogP contribution is -2.61. The van der Waals surface area contributed by atoms with Crippen LogP contribution in [0.2, 0.25) is 0 Å². The largest absolute Gasteiger partial charge is 0.375 e. The molecule has 3 atom stereocenters. The fourth-order valence-corrected chi connectivity index (χ4v) is 3.35. The zero-order valence-corrected chi connectivity index (χ0v) is 12.7. The maximum absolute atomic E-state index is 5.85. The molecule has 0 bridgehead atoms. The van der Waals surface area contributed by atoms with Crippen LogP contribution in [0.25, 0.3) is 0 Å². The third kappa shape index (κ3) is 3.25. The molecule has 18 heavy (non-hydrogen) atoms. The molecular weight excluding hydrogens is 224 g/mol. The van der Waals surface area contributed by atoms with Crippen LogP contribution in [-0.2, 0) is 4.74 Å². The maximum atomic E-state index is 5.85. The van der Waals surface area contributed by atoms with Gasteiger partial charge in [-0.05, 0) is 39.5 Å². The Kier molecular flexibility index (Phi) is 4.35. The first-order valence-corrected chi connectivity index (χ1v) is 7.52. The number of hydrogen-bond acceptors (Lipinski definition) is 3. The summed E-state index contributed by atoms with van der Waals surface area (Å²) in [5.41, 5.74) is 0.0564. The molecule has 0 radical (unpaired) electrons. The summed E-state index contributed by atoms with van der Waals surface area (Å²) in [5.74, 6) is 0.716. The molecule has 2 rings (SSSR count). The van der Waals surface area contributed by atoms with Crippen LogP contribution < -0.4 is 5.32 Å². The fourth-order valence-electron chi connectivity index (χ4n) is 3.35. The van der Waals surface area contributed by atoms with Crippen LogP contribution in [0.1, 0.15) is 47.5 Å². The summed E-state index contributed by atoms with van der Waals surface area (Å²) in [6, 6.07) is 2.00. The second-order valence-electron chi connectivity index (χ2n) is 7.06. The maximum Gasteiger partial charge on any atom is 0.0641 e. The van der Waals surface area contributed by atoms with Crippen LogP contribution in [-0.4, -0.2) is 48.3 Å². The Balaban J connectivity index is 2.01. The lowest BCUT2D eigenvalue weighted by Gasteiger charge is -2.48. The Hall–Kier alpha value is -0.120. The minimum Gasteiger partial charge on any atom is -0.375 e. The Labute approximate surface area is 112 Å². The Morgan fingerprint density at radius 2 is 2.06 bits per heavy atom. The van der Waals surface area contributed by atoms with Crippen LogP contribution in [0.4, 0.5) is 0 Å². The monoisotopic (exact) mass is 254 g/mol. The molecule has 106 valence electrons. The van der Waals surface area contributed by atoms with Crippen LogP contribution in [0.3, 0.4) is 0 Å². The normalized spacial score (nSPS) is 38.0. The smallest absolute Gasteiger partial charge is 0.0641 e. The molecule has 0 spiro atoms. The summed E-state index contributed by atoms with van der Waals surface area (Å²) < 4.78 is 5.85. The van der Waals surface area contributed by atoms with E-state index in [0.29, 0.717) is 24.0 Å². The van der Waals surface area contributed by atoms with Gasteiger partial charge in [-0.25, -0.2) is 0 Å². The average Bonchev–Trinajstić information content (AvgIpc) is 2.27. The Bertz CT molecular complexity index is 278. The third-order valence-corrected chi connectivity index (χ3v) is 4.59. The van der Waals surface area contributed by atoms with Gasteiger partial charge in [0, 0.05) is 37.8 Å². The predicted molar refractivity (Wildman–Crippen MR) is 75.8 cm³/mol. The lowest BCUT2D eigenvalue weighted by molar-refractivity contribution is -0.0935. The molecule has 0 aromatic carbocycles. The standard InChI is InChI=1S/C15H30N2O/c1-11(2)14-10-17(12(3)9-16-14)13-6-7-18-15(4,5)8-13/h11-14,16H,6-10H2,1-5H3. The highest BCUT2D eigenvalue weighted by atomic mass is 16.5. The number of ether oxygens (including phenoxy) is 1. The molecule has 3 unspecified atom stereocenters. The topological polar surface area (TPSA) is 24.5 Å². The minimum absolute atomic E-state index is 0.0564. The van der Waals surface area contributed by atoms with E-state index in [9.17, 15) is 0 Å². The van der Waals surface area contributed by atoms with Gasteiger partial charge in [-0.15, -0.1) is 0 Å². The fraction of sp³-hybridized carbons (Fsp3) is 1.00. The van der Waals surface area contributed by atoms with E-state index in [4.69, 9.17) is 4.74 Å². The molecule has 3 heteroatoms. The van der Waals surface area contributed by atoms with Crippen molar-refractivity contribution in [2.24, 2.45) is 5.92 Å². The molecule has 0 aromatic heterocycles. The minimum atomic E-state index is 0.0564. The zero-order chi connectivity index (χ0) is 13.3. The molecule has 0 aromatic rings. The summed E-state index contributed by atoms with van der Waals surface area (Å²) >= 11 is 0. The molecule has 2 fully saturated rings. The van der Waals surface area contributed by atoms with Gasteiger partial charge in [0.05, 0.1) is 5.60 Å². The molecule has 2 heterocycles. The van der Waals surface area contributed by atoms with Crippen LogP contribution in [0.15, 0.2) is 0 Å². The van der Waals surface area contributed by atoms with Crippen molar-refractivity contribution in [3.05, 3.63) is 0 Å². The zero-order valence-electron chi connectivity index (χ0n) is 12.7. The van der Waals surface area contributed by atoms with Crippen molar-refractivity contribution >= 4 is 0 Å². The van der Waals surface area contributed by atoms with E-state index >= 15 is 0 Å². The van der Waals surface area contributed by atoms with Crippen molar-refractivity contribution in [3.8, 4) is 0 Å². The summed E-state index contributed by atoms with van der Waals surface area (Å²) in [6.45, 7) is 14.7. The first-order valence-electron chi connectivity index (χ1n) is 7.52. The molecule has 3 nitrogen and oxygen atoms in total. The van der Waals surface area contributed by atoms with Gasteiger partial charge >= 0.3 is 0 Å². The van der Waals surface area contributed by atoms with Gasteiger partial charge in [0.1, 0.15) is 0 Å². The molecular formula is C15H30N2O. The Morgan fingerprint density at radius 1 is 1.33 bits per heavy atom. The predicted octanol–water partition coefficient (Wildman–Crippen LogP) is 2.26. The second-order valence-corrected chi connectivity index (χ2v) is 7.06. The summed E-state index contributed by atoms with van der Waals surface area (Å²) in [6.07, 6.45) is 2.36. The quantitative estimate of drug-likeness (QED) is 0.818. The van der Waals surface area contributed by atoms with E-state index in [2.05, 4.69) is 44.8 Å². The van der Waals surface area contributed by atoms with Crippen molar-refractivity contribution in [1.82, 2.24) is 10.2 Å². The van der Waals surface area contributed by atoms with Crippen LogP contribution in [0, 0.1) is 5.92 Å². The first kappa shape index (κ1) is 14.3. The van der Waals surface area contributed by atoms with E-state index in [1.807, 2.05) is 0 Å². The van der Waals surface area contributed by atoms with Gasteiger partial charge in [0.25, 0.3) is 0 Å². The van der Waals surface area contributed by atoms with Crippen molar-refractivity contribution in [3.63, 3.8) is 0 Å². The summed E-state index contributed by atoms with van der Waals surface area (Å²) in [4.78, 5) is 2.73. The summed E-state index contributed by atoms with van der Waals surface area (Å²) in [5, 5.41) is 3.69. The average molecular weight is 254 g/mol. The van der Waals surface area contributed by atoms with E-state index in [1.54, 1.807) is 0 Å². The highest BCUT2D eigenvalue weighted by molar-refractivity contribution is 4.93. The number of rotatable bonds is 2. The molecule has 1 N–H and O–H groups in total. The van der Waals surface area contributed by atoms with E-state index in [0.717, 1.165) is 13.2 Å². The van der Waals surface area contributed by atoms with Gasteiger partial charge in [0.15, 0.2) is 0 Å². The van der Waals surface area contributed by atoms with Gasteiger partial charge in [-0.3, -0.25) is 4.90 Å². The highest BCUT2D eigenvalue weighted by Crippen LogP contribution is 2.29. The first-order chi connectivity index (χ1) is 8.39. The molecule has 0 amide bonds. The second kappa shape index (κ2) is 5.48.